The van der Waals surface area contributed by atoms with E-state index in [1.165, 1.54) is 0 Å². The number of anilines is 1. The summed E-state index contributed by atoms with van der Waals surface area (Å²) in [6, 6.07) is 27.7. The van der Waals surface area contributed by atoms with Crippen LogP contribution < -0.4 is 5.32 Å². The lowest BCUT2D eigenvalue weighted by Gasteiger charge is -2.05. The Morgan fingerprint density at radius 1 is 0.900 bits per heavy atom. The second kappa shape index (κ2) is 9.46. The number of nitrogens with one attached hydrogen (secondary N) is 1. The molecule has 0 saturated carbocycles. The van der Waals surface area contributed by atoms with Crippen molar-refractivity contribution >= 4 is 23.4 Å². The largest absolute Gasteiger partial charge is 0.440 e. The minimum absolute atomic E-state index is 0.0624. The Hall–Kier alpha value is -3.31. The van der Waals surface area contributed by atoms with E-state index in [1.807, 2.05) is 91.2 Å². The standard InChI is InChI=1S/C25H22N2O2S/c1-30-21-14-12-20(13-15-21)26-22(28)16-17-23-27-24(18-8-4-2-5-9-18)25(29-23)19-10-6-3-7-11-19/h2-15H,16-17H2,1H3,(H,26,28). The second-order valence-electron chi connectivity index (χ2n) is 6.79. The lowest BCUT2D eigenvalue weighted by Crippen LogP contribution is -2.12. The predicted octanol–water partition coefficient (Wildman–Crippen LogP) is 6.30. The van der Waals surface area contributed by atoms with Crippen LogP contribution in [-0.2, 0) is 11.2 Å². The zero-order valence-corrected chi connectivity index (χ0v) is 17.5. The van der Waals surface area contributed by atoms with Crippen molar-refractivity contribution < 1.29 is 9.21 Å². The Balaban J connectivity index is 1.50. The Morgan fingerprint density at radius 2 is 1.53 bits per heavy atom. The Labute approximate surface area is 180 Å². The summed E-state index contributed by atoms with van der Waals surface area (Å²) in [7, 11) is 0. The summed E-state index contributed by atoms with van der Waals surface area (Å²) in [6.07, 6.45) is 2.76. The molecule has 0 fully saturated rings. The molecule has 0 spiro atoms. The molecule has 30 heavy (non-hydrogen) atoms. The first-order valence-electron chi connectivity index (χ1n) is 9.77. The summed E-state index contributed by atoms with van der Waals surface area (Å²) in [5, 5.41) is 2.93. The van der Waals surface area contributed by atoms with E-state index in [4.69, 9.17) is 9.40 Å². The SMILES string of the molecule is CSc1ccc(NC(=O)CCc2nc(-c3ccccc3)c(-c3ccccc3)o2)cc1. The minimum Gasteiger partial charge on any atom is -0.440 e. The molecular formula is C25H22N2O2S. The van der Waals surface area contributed by atoms with E-state index in [0.29, 0.717) is 18.7 Å². The van der Waals surface area contributed by atoms with Gasteiger partial charge in [0.1, 0.15) is 5.69 Å². The van der Waals surface area contributed by atoms with E-state index < -0.39 is 0 Å². The molecule has 1 heterocycles. The molecule has 0 aliphatic carbocycles. The molecule has 0 radical (unpaired) electrons. The number of rotatable bonds is 7. The molecule has 4 rings (SSSR count). The molecule has 5 heteroatoms. The maximum atomic E-state index is 12.4. The van der Waals surface area contributed by atoms with Gasteiger partial charge in [-0.2, -0.15) is 0 Å². The molecule has 0 aliphatic heterocycles. The molecule has 3 aromatic carbocycles. The zero-order valence-electron chi connectivity index (χ0n) is 16.7. The van der Waals surface area contributed by atoms with E-state index >= 15 is 0 Å². The number of nitrogens with zero attached hydrogens (tertiary/aromatic N) is 1. The molecule has 0 bridgehead atoms. The van der Waals surface area contributed by atoms with Gasteiger partial charge in [-0.3, -0.25) is 4.79 Å². The first-order valence-corrected chi connectivity index (χ1v) is 11.0. The van der Waals surface area contributed by atoms with E-state index in [0.717, 1.165) is 33.2 Å². The average molecular weight is 415 g/mol. The van der Waals surface area contributed by atoms with Gasteiger partial charge in [0.2, 0.25) is 5.91 Å². The van der Waals surface area contributed by atoms with Crippen LogP contribution in [0.5, 0.6) is 0 Å². The smallest absolute Gasteiger partial charge is 0.224 e. The molecule has 150 valence electrons. The summed E-state index contributed by atoms with van der Waals surface area (Å²) >= 11 is 1.67. The van der Waals surface area contributed by atoms with E-state index in [-0.39, 0.29) is 5.91 Å². The minimum atomic E-state index is -0.0624. The fourth-order valence-electron chi connectivity index (χ4n) is 3.17. The topological polar surface area (TPSA) is 55.1 Å². The second-order valence-corrected chi connectivity index (χ2v) is 7.67. The summed E-state index contributed by atoms with van der Waals surface area (Å²) < 4.78 is 6.09. The van der Waals surface area contributed by atoms with Gasteiger partial charge in [0, 0.05) is 34.6 Å². The van der Waals surface area contributed by atoms with Gasteiger partial charge in [0.05, 0.1) is 0 Å². The van der Waals surface area contributed by atoms with Gasteiger partial charge in [-0.25, -0.2) is 4.98 Å². The van der Waals surface area contributed by atoms with Crippen LogP contribution in [-0.4, -0.2) is 17.1 Å². The third-order valence-electron chi connectivity index (χ3n) is 4.69. The highest BCUT2D eigenvalue weighted by Gasteiger charge is 2.17. The highest BCUT2D eigenvalue weighted by molar-refractivity contribution is 7.98. The van der Waals surface area contributed by atoms with Crippen molar-refractivity contribution in [2.75, 3.05) is 11.6 Å². The lowest BCUT2D eigenvalue weighted by atomic mass is 10.1. The molecule has 4 aromatic rings. The Bertz CT molecular complexity index is 1050. The number of thioether (sulfide) groups is 1. The number of carbonyl (C=O) groups is 1. The van der Waals surface area contributed by atoms with Gasteiger partial charge in [-0.15, -0.1) is 11.8 Å². The first-order chi connectivity index (χ1) is 14.7. The van der Waals surface area contributed by atoms with Gasteiger partial charge in [0.25, 0.3) is 0 Å². The number of oxazole rings is 1. The van der Waals surface area contributed by atoms with Crippen molar-refractivity contribution in [3.8, 4) is 22.6 Å². The normalized spacial score (nSPS) is 10.7. The van der Waals surface area contributed by atoms with Gasteiger partial charge in [-0.1, -0.05) is 60.7 Å². The van der Waals surface area contributed by atoms with Crippen LogP contribution in [0.1, 0.15) is 12.3 Å². The highest BCUT2D eigenvalue weighted by Crippen LogP contribution is 2.32. The van der Waals surface area contributed by atoms with E-state index in [2.05, 4.69) is 5.32 Å². The lowest BCUT2D eigenvalue weighted by molar-refractivity contribution is -0.116. The molecule has 0 aliphatic rings. The average Bonchev–Trinajstić information content (AvgIpc) is 3.24. The van der Waals surface area contributed by atoms with Crippen molar-refractivity contribution in [3.05, 3.63) is 90.8 Å². The number of hydrogen-bond acceptors (Lipinski definition) is 4. The molecule has 1 N–H and O–H groups in total. The first kappa shape index (κ1) is 20.0. The number of amides is 1. The fourth-order valence-corrected chi connectivity index (χ4v) is 3.57. The number of aromatic nitrogens is 1. The van der Waals surface area contributed by atoms with Gasteiger partial charge in [-0.05, 0) is 30.5 Å². The van der Waals surface area contributed by atoms with Gasteiger partial charge < -0.3 is 9.73 Å². The molecule has 1 amide bonds. The van der Waals surface area contributed by atoms with Crippen molar-refractivity contribution in [2.45, 2.75) is 17.7 Å². The summed E-state index contributed by atoms with van der Waals surface area (Å²) in [5.74, 6) is 1.22. The van der Waals surface area contributed by atoms with Crippen LogP contribution in [0.3, 0.4) is 0 Å². The molecule has 0 saturated heterocycles. The van der Waals surface area contributed by atoms with Crippen molar-refractivity contribution in [1.82, 2.24) is 4.98 Å². The van der Waals surface area contributed by atoms with Gasteiger partial charge in [0.15, 0.2) is 11.7 Å². The van der Waals surface area contributed by atoms with Crippen LogP contribution in [0.15, 0.2) is 94.2 Å². The molecular weight excluding hydrogens is 392 g/mol. The van der Waals surface area contributed by atoms with Crippen molar-refractivity contribution in [1.29, 1.82) is 0 Å². The Kier molecular flexibility index (Phi) is 6.30. The zero-order chi connectivity index (χ0) is 20.8. The van der Waals surface area contributed by atoms with Crippen molar-refractivity contribution in [3.63, 3.8) is 0 Å². The van der Waals surface area contributed by atoms with Crippen LogP contribution in [0.4, 0.5) is 5.69 Å². The highest BCUT2D eigenvalue weighted by atomic mass is 32.2. The number of aryl methyl sites for hydroxylation is 1. The van der Waals surface area contributed by atoms with Gasteiger partial charge >= 0.3 is 0 Å². The third-order valence-corrected chi connectivity index (χ3v) is 5.44. The fraction of sp³-hybridized carbons (Fsp3) is 0.120. The molecule has 4 nitrogen and oxygen atoms in total. The van der Waals surface area contributed by atoms with Crippen molar-refractivity contribution in [2.24, 2.45) is 0 Å². The molecule has 0 unspecified atom stereocenters. The Morgan fingerprint density at radius 3 is 2.17 bits per heavy atom. The van der Waals surface area contributed by atoms with Crippen LogP contribution in [0.25, 0.3) is 22.6 Å². The van der Waals surface area contributed by atoms with Crippen LogP contribution in [0, 0.1) is 0 Å². The molecule has 0 atom stereocenters. The quantitative estimate of drug-likeness (QED) is 0.361. The number of hydrogen-bond donors (Lipinski definition) is 1. The maximum Gasteiger partial charge on any atom is 0.224 e. The summed E-state index contributed by atoms with van der Waals surface area (Å²) in [5.41, 5.74) is 3.54. The van der Waals surface area contributed by atoms with Crippen LogP contribution >= 0.6 is 11.8 Å². The maximum absolute atomic E-state index is 12.4. The third kappa shape index (κ3) is 4.81. The molecule has 1 aromatic heterocycles. The summed E-state index contributed by atoms with van der Waals surface area (Å²) in [6.45, 7) is 0. The van der Waals surface area contributed by atoms with E-state index in [9.17, 15) is 4.79 Å². The number of benzene rings is 3. The number of carbonyl (C=O) groups excluding carboxylic acids is 1. The van der Waals surface area contributed by atoms with Crippen LogP contribution in [0.2, 0.25) is 0 Å². The monoisotopic (exact) mass is 414 g/mol. The summed E-state index contributed by atoms with van der Waals surface area (Å²) in [4.78, 5) is 18.3. The predicted molar refractivity (Wildman–Crippen MR) is 123 cm³/mol. The van der Waals surface area contributed by atoms with E-state index in [1.54, 1.807) is 11.8 Å².